The molecule has 2 heteroatoms. The molecule has 1 aliphatic heterocycles. The molecular weight excluding hydrogens is 308 g/mol. The molecule has 5 rings (SSSR count). The maximum Gasteiger partial charge on any atom is 0.231 e. The van der Waals surface area contributed by atoms with Gasteiger partial charge in [0.1, 0.15) is 5.75 Å². The van der Waals surface area contributed by atoms with Crippen LogP contribution in [0.3, 0.4) is 0 Å². The van der Waals surface area contributed by atoms with Crippen LogP contribution in [0.1, 0.15) is 15.9 Å². The molecule has 25 heavy (non-hydrogen) atoms. The third kappa shape index (κ3) is 2.15. The number of hydrogen-bond donors (Lipinski definition) is 0. The fraction of sp³-hybridized carbons (Fsp3) is 0. The number of ether oxygens (including phenoxy) is 1. The molecule has 1 heterocycles. The molecule has 0 aliphatic carbocycles. The summed E-state index contributed by atoms with van der Waals surface area (Å²) in [4.78, 5) is 12.7. The van der Waals surface area contributed by atoms with Crippen molar-refractivity contribution in [2.24, 2.45) is 0 Å². The number of carbonyl (C=O) groups excluding carboxylic acids is 1. The number of Topliss-reactive ketones (excluding diaryl/α,β-unsaturated/α-hetero) is 1. The Hall–Kier alpha value is -3.39. The van der Waals surface area contributed by atoms with Gasteiger partial charge in [-0.2, -0.15) is 0 Å². The predicted molar refractivity (Wildman–Crippen MR) is 101 cm³/mol. The zero-order chi connectivity index (χ0) is 16.8. The lowest BCUT2D eigenvalue weighted by atomic mass is 9.96. The van der Waals surface area contributed by atoms with Crippen molar-refractivity contribution >= 4 is 33.4 Å². The molecule has 0 atom stereocenters. The molecule has 0 saturated carbocycles. The summed E-state index contributed by atoms with van der Waals surface area (Å²) in [7, 11) is 0. The predicted octanol–water partition coefficient (Wildman–Crippen LogP) is 5.61. The van der Waals surface area contributed by atoms with Gasteiger partial charge >= 0.3 is 0 Å². The molecule has 0 bridgehead atoms. The van der Waals surface area contributed by atoms with E-state index in [4.69, 9.17) is 4.74 Å². The average molecular weight is 322 g/mol. The van der Waals surface area contributed by atoms with E-state index in [0.29, 0.717) is 17.1 Å². The smallest absolute Gasteiger partial charge is 0.231 e. The third-order valence-electron chi connectivity index (χ3n) is 4.66. The van der Waals surface area contributed by atoms with Crippen molar-refractivity contribution in [3.05, 3.63) is 95.7 Å². The fourth-order valence-electron chi connectivity index (χ4n) is 3.47. The number of para-hydroxylation sites is 1. The number of carbonyl (C=O) groups is 1. The molecule has 0 spiro atoms. The monoisotopic (exact) mass is 322 g/mol. The van der Waals surface area contributed by atoms with E-state index in [0.717, 1.165) is 27.1 Å². The normalized spacial score (nSPS) is 14.9. The Bertz CT molecular complexity index is 1130. The molecule has 0 aromatic heterocycles. The Labute approximate surface area is 145 Å². The number of benzene rings is 4. The lowest BCUT2D eigenvalue weighted by molar-refractivity contribution is 0.101. The van der Waals surface area contributed by atoms with Crippen molar-refractivity contribution in [3.8, 4) is 5.75 Å². The standard InChI is InChI=1S/C23H14O2/c24-23-19-11-5-6-12-21(19)25-22(23)14-20-17-9-3-1-7-15(17)13-16-8-2-4-10-18(16)20/h1-14H/b22-14-. The lowest BCUT2D eigenvalue weighted by Gasteiger charge is -2.09. The first-order valence-corrected chi connectivity index (χ1v) is 8.25. The van der Waals surface area contributed by atoms with Crippen molar-refractivity contribution in [3.63, 3.8) is 0 Å². The van der Waals surface area contributed by atoms with Gasteiger partial charge in [0, 0.05) is 0 Å². The zero-order valence-corrected chi connectivity index (χ0v) is 13.4. The van der Waals surface area contributed by atoms with Gasteiger partial charge in [-0.15, -0.1) is 0 Å². The van der Waals surface area contributed by atoms with Crippen molar-refractivity contribution in [1.29, 1.82) is 0 Å². The van der Waals surface area contributed by atoms with Crippen LogP contribution < -0.4 is 4.74 Å². The van der Waals surface area contributed by atoms with E-state index < -0.39 is 0 Å². The van der Waals surface area contributed by atoms with Crippen LogP contribution >= 0.6 is 0 Å². The van der Waals surface area contributed by atoms with Gasteiger partial charge in [0.25, 0.3) is 0 Å². The second-order valence-corrected chi connectivity index (χ2v) is 6.17. The average Bonchev–Trinajstić information content (AvgIpc) is 2.97. The summed E-state index contributed by atoms with van der Waals surface area (Å²) in [5, 5.41) is 4.52. The molecule has 0 fully saturated rings. The first kappa shape index (κ1) is 14.0. The number of rotatable bonds is 1. The molecule has 0 radical (unpaired) electrons. The molecule has 0 saturated heterocycles. The Morgan fingerprint density at radius 2 is 1.32 bits per heavy atom. The fourth-order valence-corrected chi connectivity index (χ4v) is 3.47. The molecule has 2 nitrogen and oxygen atoms in total. The van der Waals surface area contributed by atoms with Crippen LogP contribution in [0.2, 0.25) is 0 Å². The van der Waals surface area contributed by atoms with Gasteiger partial charge in [0.05, 0.1) is 5.56 Å². The summed E-state index contributed by atoms with van der Waals surface area (Å²) in [6.07, 6.45) is 1.88. The first-order valence-electron chi connectivity index (χ1n) is 8.25. The summed E-state index contributed by atoms with van der Waals surface area (Å²) in [5.41, 5.74) is 1.64. The molecular formula is C23H14O2. The summed E-state index contributed by atoms with van der Waals surface area (Å²) in [6.45, 7) is 0. The Morgan fingerprint density at radius 1 is 0.720 bits per heavy atom. The highest BCUT2D eigenvalue weighted by Crippen LogP contribution is 2.35. The minimum absolute atomic E-state index is 0.0624. The Morgan fingerprint density at radius 3 is 2.00 bits per heavy atom. The maximum atomic E-state index is 12.7. The van der Waals surface area contributed by atoms with Crippen LogP contribution in [0.15, 0.2) is 84.6 Å². The largest absolute Gasteiger partial charge is 0.452 e. The Kier molecular flexibility index (Phi) is 2.98. The van der Waals surface area contributed by atoms with Gasteiger partial charge in [0.2, 0.25) is 5.78 Å². The lowest BCUT2D eigenvalue weighted by Crippen LogP contribution is -1.98. The van der Waals surface area contributed by atoms with E-state index in [9.17, 15) is 4.79 Å². The maximum absolute atomic E-state index is 12.7. The summed E-state index contributed by atoms with van der Waals surface area (Å²) < 4.78 is 5.83. The van der Waals surface area contributed by atoms with Crippen molar-refractivity contribution < 1.29 is 9.53 Å². The van der Waals surface area contributed by atoms with Gasteiger partial charge in [-0.1, -0.05) is 60.7 Å². The van der Waals surface area contributed by atoms with Crippen LogP contribution in [-0.4, -0.2) is 5.78 Å². The molecule has 118 valence electrons. The highest BCUT2D eigenvalue weighted by atomic mass is 16.5. The highest BCUT2D eigenvalue weighted by molar-refractivity contribution is 6.17. The van der Waals surface area contributed by atoms with E-state index >= 15 is 0 Å². The van der Waals surface area contributed by atoms with Crippen molar-refractivity contribution in [2.75, 3.05) is 0 Å². The van der Waals surface area contributed by atoms with Crippen LogP contribution in [0.5, 0.6) is 5.75 Å². The van der Waals surface area contributed by atoms with E-state index in [1.54, 1.807) is 6.07 Å². The summed E-state index contributed by atoms with van der Waals surface area (Å²) in [6, 6.07) is 26.0. The highest BCUT2D eigenvalue weighted by Gasteiger charge is 2.27. The first-order chi connectivity index (χ1) is 12.3. The topological polar surface area (TPSA) is 26.3 Å². The Balaban J connectivity index is 1.79. The van der Waals surface area contributed by atoms with E-state index in [-0.39, 0.29) is 5.78 Å². The quantitative estimate of drug-likeness (QED) is 0.336. The van der Waals surface area contributed by atoms with Gasteiger partial charge < -0.3 is 4.74 Å². The van der Waals surface area contributed by atoms with E-state index in [1.807, 2.05) is 48.5 Å². The molecule has 1 aliphatic rings. The van der Waals surface area contributed by atoms with Crippen LogP contribution in [0.4, 0.5) is 0 Å². The van der Waals surface area contributed by atoms with E-state index in [2.05, 4.69) is 30.3 Å². The van der Waals surface area contributed by atoms with Gasteiger partial charge in [-0.3, -0.25) is 4.79 Å². The van der Waals surface area contributed by atoms with Gasteiger partial charge in [0.15, 0.2) is 5.76 Å². The second-order valence-electron chi connectivity index (χ2n) is 6.17. The van der Waals surface area contributed by atoms with Crippen LogP contribution in [0, 0.1) is 0 Å². The molecule has 0 N–H and O–H groups in total. The molecule has 4 aromatic rings. The SMILES string of the molecule is O=C1/C(=C/c2c3ccccc3cc3ccccc23)Oc2ccccc21. The van der Waals surface area contributed by atoms with Gasteiger partial charge in [-0.05, 0) is 51.4 Å². The van der Waals surface area contributed by atoms with Crippen LogP contribution in [0.25, 0.3) is 27.6 Å². The minimum Gasteiger partial charge on any atom is -0.452 e. The second kappa shape index (κ2) is 5.32. The van der Waals surface area contributed by atoms with Crippen molar-refractivity contribution in [2.45, 2.75) is 0 Å². The molecule has 0 amide bonds. The summed E-state index contributed by atoms with van der Waals surface area (Å²) >= 11 is 0. The summed E-state index contributed by atoms with van der Waals surface area (Å²) in [5.74, 6) is 0.943. The van der Waals surface area contributed by atoms with Gasteiger partial charge in [-0.25, -0.2) is 0 Å². The number of hydrogen-bond acceptors (Lipinski definition) is 2. The third-order valence-corrected chi connectivity index (χ3v) is 4.66. The number of ketones is 1. The number of allylic oxidation sites excluding steroid dienone is 1. The van der Waals surface area contributed by atoms with Crippen molar-refractivity contribution in [1.82, 2.24) is 0 Å². The zero-order valence-electron chi connectivity index (χ0n) is 13.4. The van der Waals surface area contributed by atoms with E-state index in [1.165, 1.54) is 0 Å². The molecule has 0 unspecified atom stereocenters. The number of fused-ring (bicyclic) bond motifs is 3. The molecule has 4 aromatic carbocycles. The minimum atomic E-state index is -0.0624. The van der Waals surface area contributed by atoms with Crippen LogP contribution in [-0.2, 0) is 0 Å².